The average Bonchev–Trinajstić information content (AvgIpc) is 3.97. The summed E-state index contributed by atoms with van der Waals surface area (Å²) in [5.74, 6) is 0. The highest BCUT2D eigenvalue weighted by Gasteiger charge is 2.49. The van der Waals surface area contributed by atoms with Crippen molar-refractivity contribution in [2.45, 2.75) is 64.7 Å². The summed E-state index contributed by atoms with van der Waals surface area (Å²) in [6, 6.07) is 85.0. The fraction of sp³-hybridized carbons (Fsp3) is 0.143. The normalized spacial score (nSPS) is 13.7. The van der Waals surface area contributed by atoms with E-state index in [-0.39, 0.29) is 10.8 Å². The summed E-state index contributed by atoms with van der Waals surface area (Å²) >= 11 is 0. The Morgan fingerprint density at radius 2 is 0.833 bits per heavy atom. The molecule has 0 bridgehead atoms. The van der Waals surface area contributed by atoms with Crippen LogP contribution < -0.4 is 5.32 Å². The number of aryl methyl sites for hydroxylation is 2. The Hall–Kier alpha value is -8.20. The molecule has 0 atom stereocenters. The summed E-state index contributed by atoms with van der Waals surface area (Å²) in [5, 5.41) is 6.45. The third-order valence-electron chi connectivity index (χ3n) is 15.7. The molecule has 0 spiro atoms. The molecule has 1 N–H and O–H groups in total. The molecule has 72 heavy (non-hydrogen) atoms. The van der Waals surface area contributed by atoms with Crippen LogP contribution in [0.3, 0.4) is 0 Å². The van der Waals surface area contributed by atoms with Gasteiger partial charge in [0, 0.05) is 33.2 Å². The van der Waals surface area contributed by atoms with Gasteiger partial charge in [0.1, 0.15) is 0 Å². The molecule has 13 rings (SSSR count). The molecule has 2 aliphatic rings. The van der Waals surface area contributed by atoms with E-state index >= 15 is 0 Å². The van der Waals surface area contributed by atoms with Crippen molar-refractivity contribution >= 4 is 33.2 Å². The van der Waals surface area contributed by atoms with Crippen LogP contribution in [0.5, 0.6) is 0 Å². The Balaban J connectivity index is 0.000000327. The third-order valence-corrected chi connectivity index (χ3v) is 15.7. The maximum atomic E-state index is 3.91. The highest BCUT2D eigenvalue weighted by molar-refractivity contribution is 6.09. The topological polar surface area (TPSA) is 17.0 Å². The molecule has 0 radical (unpaired) electrons. The fourth-order valence-electron chi connectivity index (χ4n) is 12.3. The van der Waals surface area contributed by atoms with Crippen LogP contribution in [0.25, 0.3) is 60.9 Å². The van der Waals surface area contributed by atoms with Crippen LogP contribution in [0.4, 0.5) is 11.4 Å². The molecular formula is C70H60N2. The van der Waals surface area contributed by atoms with Gasteiger partial charge in [0.25, 0.3) is 0 Å². The fourth-order valence-corrected chi connectivity index (χ4v) is 12.3. The van der Waals surface area contributed by atoms with Crippen molar-refractivity contribution in [2.24, 2.45) is 0 Å². The van der Waals surface area contributed by atoms with E-state index < -0.39 is 5.41 Å². The number of fused-ring (bicyclic) bond motifs is 9. The van der Waals surface area contributed by atoms with E-state index in [9.17, 15) is 0 Å². The second-order valence-corrected chi connectivity index (χ2v) is 21.5. The van der Waals surface area contributed by atoms with E-state index in [1.54, 1.807) is 0 Å². The van der Waals surface area contributed by atoms with Gasteiger partial charge in [-0.2, -0.15) is 0 Å². The summed E-state index contributed by atoms with van der Waals surface area (Å²) in [6.07, 6.45) is 0. The Bertz CT molecular complexity index is 3730. The molecule has 1 heterocycles. The minimum atomic E-state index is -0.561. The lowest BCUT2D eigenvalue weighted by Crippen LogP contribution is -2.32. The predicted octanol–water partition coefficient (Wildman–Crippen LogP) is 18.5. The molecule has 0 unspecified atom stereocenters. The lowest BCUT2D eigenvalue weighted by atomic mass is 9.64. The molecule has 10 aromatic carbocycles. The number of benzene rings is 10. The molecular weight excluding hydrogens is 869 g/mol. The molecule has 0 saturated heterocycles. The van der Waals surface area contributed by atoms with Gasteiger partial charge in [-0.3, -0.25) is 0 Å². The lowest BCUT2D eigenvalue weighted by Gasteiger charge is -2.38. The first-order valence-electron chi connectivity index (χ1n) is 25.5. The number of anilines is 2. The van der Waals surface area contributed by atoms with Gasteiger partial charge in [-0.15, -0.1) is 0 Å². The Morgan fingerprint density at radius 1 is 0.389 bits per heavy atom. The second-order valence-electron chi connectivity index (χ2n) is 21.5. The molecule has 0 amide bonds. The number of hydrogen-bond donors (Lipinski definition) is 1. The van der Waals surface area contributed by atoms with Crippen LogP contribution >= 0.6 is 0 Å². The zero-order chi connectivity index (χ0) is 49.4. The van der Waals surface area contributed by atoms with E-state index in [0.717, 1.165) is 11.4 Å². The first-order valence-corrected chi connectivity index (χ1v) is 25.5. The van der Waals surface area contributed by atoms with Gasteiger partial charge in [0.2, 0.25) is 0 Å². The van der Waals surface area contributed by atoms with Gasteiger partial charge in [0.15, 0.2) is 0 Å². The van der Waals surface area contributed by atoms with E-state index in [4.69, 9.17) is 0 Å². The van der Waals surface area contributed by atoms with Gasteiger partial charge in [-0.25, -0.2) is 0 Å². The SMILES string of the molecule is CC(C)(C)c1cc(-n2c3ccccc3c3ccccc32)cc2c1C(c1ccccc1)(c1ccccc1)c1cc(Nc3ccc4c(c3)C(C)(C)c3ccccc3-4)ccc1-2.Cc1ccccc1-c1ccccc1C. The van der Waals surface area contributed by atoms with Crippen LogP contribution in [0, 0.1) is 13.8 Å². The van der Waals surface area contributed by atoms with Crippen molar-refractivity contribution in [2.75, 3.05) is 5.32 Å². The van der Waals surface area contributed by atoms with Gasteiger partial charge in [-0.05, 0) is 151 Å². The summed E-state index contributed by atoms with van der Waals surface area (Å²) in [6.45, 7) is 16.1. The molecule has 2 heteroatoms. The standard InChI is InChI=1S/C56H46N2.C14H14/c1-54(2,3)50-35-40(58-51-26-16-13-23-44(51)45-24-14-17-27-52(45)58)34-46-43-31-29-39(57-38-28-30-42-41-22-12-15-25-47(41)55(4,5)48(42)32-38)33-49(43)56(53(46)50,36-18-8-6-9-19-36)37-20-10-7-11-21-37;1-11-7-3-5-9-13(11)14-10-6-4-8-12(14)2/h6-35,57H,1-5H3;3-10H,1-2H3. The highest BCUT2D eigenvalue weighted by atomic mass is 15.0. The Morgan fingerprint density at radius 3 is 1.38 bits per heavy atom. The van der Waals surface area contributed by atoms with Gasteiger partial charge in [-0.1, -0.05) is 217 Å². The van der Waals surface area contributed by atoms with Crippen LogP contribution in [0.2, 0.25) is 0 Å². The Kier molecular flexibility index (Phi) is 10.8. The van der Waals surface area contributed by atoms with Crippen LogP contribution in [-0.2, 0) is 16.2 Å². The minimum absolute atomic E-state index is 0.0730. The van der Waals surface area contributed by atoms with Crippen molar-refractivity contribution < 1.29 is 0 Å². The molecule has 1 aromatic heterocycles. The number of aromatic nitrogens is 1. The second kappa shape index (κ2) is 17.3. The van der Waals surface area contributed by atoms with E-state index in [1.165, 1.54) is 111 Å². The molecule has 2 aliphatic carbocycles. The number of rotatable bonds is 6. The minimum Gasteiger partial charge on any atom is -0.356 e. The summed E-state index contributed by atoms with van der Waals surface area (Å²) in [4.78, 5) is 0. The van der Waals surface area contributed by atoms with E-state index in [2.05, 4.69) is 289 Å². The zero-order valence-electron chi connectivity index (χ0n) is 42.4. The first-order chi connectivity index (χ1) is 34.9. The Labute approximate surface area is 425 Å². The van der Waals surface area contributed by atoms with Crippen molar-refractivity contribution in [1.82, 2.24) is 4.57 Å². The van der Waals surface area contributed by atoms with Gasteiger partial charge < -0.3 is 9.88 Å². The van der Waals surface area contributed by atoms with Crippen LogP contribution in [-0.4, -0.2) is 4.57 Å². The van der Waals surface area contributed by atoms with Crippen LogP contribution in [0.1, 0.15) is 84.7 Å². The van der Waals surface area contributed by atoms with Crippen molar-refractivity contribution in [1.29, 1.82) is 0 Å². The quantitative estimate of drug-likeness (QED) is 0.176. The summed E-state index contributed by atoms with van der Waals surface area (Å²) in [5.41, 5.74) is 24.9. The molecule has 2 nitrogen and oxygen atoms in total. The summed E-state index contributed by atoms with van der Waals surface area (Å²) in [7, 11) is 0. The molecule has 11 aromatic rings. The van der Waals surface area contributed by atoms with Crippen molar-refractivity contribution in [3.05, 3.63) is 281 Å². The zero-order valence-corrected chi connectivity index (χ0v) is 42.4. The van der Waals surface area contributed by atoms with E-state index in [0.29, 0.717) is 0 Å². The number of nitrogens with one attached hydrogen (secondary N) is 1. The maximum Gasteiger partial charge on any atom is 0.0717 e. The number of hydrogen-bond acceptors (Lipinski definition) is 1. The predicted molar refractivity (Wildman–Crippen MR) is 305 cm³/mol. The maximum absolute atomic E-state index is 3.91. The number of nitrogens with zero attached hydrogens (tertiary/aromatic N) is 1. The molecule has 0 aliphatic heterocycles. The van der Waals surface area contributed by atoms with E-state index in [1.807, 2.05) is 0 Å². The number of para-hydroxylation sites is 2. The monoisotopic (exact) mass is 928 g/mol. The first kappa shape index (κ1) is 45.0. The highest BCUT2D eigenvalue weighted by Crippen LogP contribution is 2.60. The smallest absolute Gasteiger partial charge is 0.0717 e. The average molecular weight is 929 g/mol. The summed E-state index contributed by atoms with van der Waals surface area (Å²) < 4.78 is 2.48. The molecule has 350 valence electrons. The molecule has 0 fully saturated rings. The third kappa shape index (κ3) is 7.15. The van der Waals surface area contributed by atoms with Crippen molar-refractivity contribution in [3.8, 4) is 39.1 Å². The van der Waals surface area contributed by atoms with Crippen molar-refractivity contribution in [3.63, 3.8) is 0 Å². The van der Waals surface area contributed by atoms with Gasteiger partial charge >= 0.3 is 0 Å². The largest absolute Gasteiger partial charge is 0.356 e. The van der Waals surface area contributed by atoms with Gasteiger partial charge in [0.05, 0.1) is 16.4 Å². The van der Waals surface area contributed by atoms with Crippen LogP contribution in [0.15, 0.2) is 231 Å². The lowest BCUT2D eigenvalue weighted by molar-refractivity contribution is 0.572. The molecule has 0 saturated carbocycles.